The summed E-state index contributed by atoms with van der Waals surface area (Å²) in [6, 6.07) is 8.25. The highest BCUT2D eigenvalue weighted by Crippen LogP contribution is 2.21. The molecule has 1 aromatic heterocycles. The number of amides is 1. The minimum atomic E-state index is -1.44. The van der Waals surface area contributed by atoms with Crippen molar-refractivity contribution in [2.24, 2.45) is 0 Å². The zero-order chi connectivity index (χ0) is 18.7. The fraction of sp³-hybridized carbons (Fsp3) is 0.312. The first-order valence-corrected chi connectivity index (χ1v) is 7.74. The van der Waals surface area contributed by atoms with Gasteiger partial charge in [-0.05, 0) is 12.1 Å². The summed E-state index contributed by atoms with van der Waals surface area (Å²) in [5.74, 6) is -1.76. The SMILES string of the molecule is O=C(OC[C@H]1OC(NC(=O)c2[nH]ncc2O)[C@H](O)[C@@H]1O)c1ccccc1. The maximum atomic E-state index is 12.0. The first-order valence-electron chi connectivity index (χ1n) is 7.74. The van der Waals surface area contributed by atoms with Crippen molar-refractivity contribution in [1.29, 1.82) is 0 Å². The Morgan fingerprint density at radius 3 is 2.62 bits per heavy atom. The van der Waals surface area contributed by atoms with Gasteiger partial charge < -0.3 is 30.1 Å². The third kappa shape index (κ3) is 3.67. The molecule has 2 heterocycles. The first-order chi connectivity index (χ1) is 12.5. The van der Waals surface area contributed by atoms with Crippen LogP contribution in [0.25, 0.3) is 0 Å². The maximum absolute atomic E-state index is 12.0. The van der Waals surface area contributed by atoms with Crippen LogP contribution in [0.4, 0.5) is 0 Å². The van der Waals surface area contributed by atoms with E-state index in [4.69, 9.17) is 9.47 Å². The number of nitrogens with one attached hydrogen (secondary N) is 2. The summed E-state index contributed by atoms with van der Waals surface area (Å²) in [5.41, 5.74) is 0.120. The van der Waals surface area contributed by atoms with E-state index < -0.39 is 36.4 Å². The molecule has 3 rings (SSSR count). The van der Waals surface area contributed by atoms with Crippen LogP contribution >= 0.6 is 0 Å². The van der Waals surface area contributed by atoms with Crippen molar-refractivity contribution in [2.75, 3.05) is 6.61 Å². The van der Waals surface area contributed by atoms with Crippen molar-refractivity contribution in [2.45, 2.75) is 24.5 Å². The number of aromatic nitrogens is 2. The van der Waals surface area contributed by atoms with E-state index in [9.17, 15) is 24.9 Å². The molecule has 1 fully saturated rings. The van der Waals surface area contributed by atoms with Gasteiger partial charge in [0.1, 0.15) is 24.9 Å². The number of hydrogen-bond acceptors (Lipinski definition) is 8. The second kappa shape index (κ2) is 7.52. The van der Waals surface area contributed by atoms with Gasteiger partial charge in [-0.2, -0.15) is 5.10 Å². The van der Waals surface area contributed by atoms with Gasteiger partial charge in [-0.1, -0.05) is 18.2 Å². The number of nitrogens with zero attached hydrogens (tertiary/aromatic N) is 1. The molecular formula is C16H17N3O7. The van der Waals surface area contributed by atoms with Crippen LogP contribution in [0.3, 0.4) is 0 Å². The number of rotatable bonds is 5. The van der Waals surface area contributed by atoms with Gasteiger partial charge >= 0.3 is 5.97 Å². The minimum absolute atomic E-state index is 0.214. The highest BCUT2D eigenvalue weighted by atomic mass is 16.6. The molecular weight excluding hydrogens is 346 g/mol. The summed E-state index contributed by atoms with van der Waals surface area (Å²) in [5, 5.41) is 37.6. The van der Waals surface area contributed by atoms with E-state index in [2.05, 4.69) is 15.5 Å². The Kier molecular flexibility index (Phi) is 5.16. The minimum Gasteiger partial charge on any atom is -0.504 e. The topological polar surface area (TPSA) is 154 Å². The average molecular weight is 363 g/mol. The lowest BCUT2D eigenvalue weighted by atomic mass is 10.1. The molecule has 2 aromatic rings. The Hall–Kier alpha value is -2.95. The van der Waals surface area contributed by atoms with Gasteiger partial charge in [0, 0.05) is 0 Å². The summed E-state index contributed by atoms with van der Waals surface area (Å²) in [4.78, 5) is 23.9. The van der Waals surface area contributed by atoms with Crippen LogP contribution in [0, 0.1) is 0 Å². The lowest BCUT2D eigenvalue weighted by Gasteiger charge is -2.15. The highest BCUT2D eigenvalue weighted by molar-refractivity contribution is 5.94. The van der Waals surface area contributed by atoms with E-state index in [1.165, 1.54) is 0 Å². The van der Waals surface area contributed by atoms with Gasteiger partial charge in [-0.15, -0.1) is 0 Å². The molecule has 10 nitrogen and oxygen atoms in total. The summed E-state index contributed by atoms with van der Waals surface area (Å²) in [6.45, 7) is -0.312. The van der Waals surface area contributed by atoms with Crippen LogP contribution < -0.4 is 5.32 Å². The van der Waals surface area contributed by atoms with Crippen LogP contribution in [-0.2, 0) is 9.47 Å². The molecule has 1 saturated heterocycles. The quantitative estimate of drug-likeness (QED) is 0.430. The Balaban J connectivity index is 1.56. The average Bonchev–Trinajstić information content (AvgIpc) is 3.19. The van der Waals surface area contributed by atoms with Crippen molar-refractivity contribution < 1.29 is 34.4 Å². The Morgan fingerprint density at radius 2 is 1.96 bits per heavy atom. The van der Waals surface area contributed by atoms with E-state index in [0.29, 0.717) is 5.56 Å². The summed E-state index contributed by atoms with van der Waals surface area (Å²) >= 11 is 0. The van der Waals surface area contributed by atoms with E-state index in [-0.39, 0.29) is 18.1 Å². The zero-order valence-electron chi connectivity index (χ0n) is 13.4. The van der Waals surface area contributed by atoms with Crippen molar-refractivity contribution in [3.63, 3.8) is 0 Å². The molecule has 10 heteroatoms. The molecule has 1 aliphatic heterocycles. The highest BCUT2D eigenvalue weighted by Gasteiger charge is 2.44. The van der Waals surface area contributed by atoms with Gasteiger partial charge in [-0.3, -0.25) is 9.89 Å². The standard InChI is InChI=1S/C16H17N3O7/c20-9-6-17-19-11(9)14(23)18-15-13(22)12(21)10(26-15)7-25-16(24)8-4-2-1-3-5-8/h1-6,10,12-13,15,20-22H,7H2,(H,17,19)(H,18,23)/t10-,12-,13-,15?/m1/s1. The third-order valence-electron chi connectivity index (χ3n) is 3.87. The van der Waals surface area contributed by atoms with Gasteiger partial charge in [0.15, 0.2) is 17.7 Å². The monoisotopic (exact) mass is 363 g/mol. The molecule has 26 heavy (non-hydrogen) atoms. The van der Waals surface area contributed by atoms with E-state index in [0.717, 1.165) is 6.20 Å². The van der Waals surface area contributed by atoms with Crippen LogP contribution in [0.1, 0.15) is 20.8 Å². The number of benzene rings is 1. The van der Waals surface area contributed by atoms with Crippen molar-refractivity contribution in [3.05, 3.63) is 47.8 Å². The Labute approximate surface area is 147 Å². The second-order valence-corrected chi connectivity index (χ2v) is 5.64. The Bertz CT molecular complexity index is 779. The lowest BCUT2D eigenvalue weighted by molar-refractivity contribution is -0.0396. The summed E-state index contributed by atoms with van der Waals surface area (Å²) in [6.07, 6.45) is -4.05. The molecule has 1 aliphatic rings. The van der Waals surface area contributed by atoms with E-state index in [1.807, 2.05) is 0 Å². The van der Waals surface area contributed by atoms with Crippen LogP contribution in [-0.4, -0.2) is 68.5 Å². The van der Waals surface area contributed by atoms with Gasteiger partial charge in [0.2, 0.25) is 0 Å². The fourth-order valence-corrected chi connectivity index (χ4v) is 2.47. The lowest BCUT2D eigenvalue weighted by Crippen LogP contribution is -2.43. The third-order valence-corrected chi connectivity index (χ3v) is 3.87. The molecule has 4 atom stereocenters. The Morgan fingerprint density at radius 1 is 1.23 bits per heavy atom. The van der Waals surface area contributed by atoms with Gasteiger partial charge in [0.05, 0.1) is 11.8 Å². The van der Waals surface area contributed by atoms with Gasteiger partial charge in [-0.25, -0.2) is 4.79 Å². The van der Waals surface area contributed by atoms with Crippen molar-refractivity contribution >= 4 is 11.9 Å². The molecule has 1 amide bonds. The first kappa shape index (κ1) is 17.9. The molecule has 0 saturated carbocycles. The number of carbonyl (C=O) groups excluding carboxylic acids is 2. The summed E-state index contributed by atoms with van der Waals surface area (Å²) < 4.78 is 10.4. The smallest absolute Gasteiger partial charge is 0.338 e. The number of aromatic amines is 1. The number of H-pyrrole nitrogens is 1. The molecule has 1 aromatic carbocycles. The molecule has 1 unspecified atom stereocenters. The number of aliphatic hydroxyl groups excluding tert-OH is 2. The predicted molar refractivity (Wildman–Crippen MR) is 85.1 cm³/mol. The molecule has 0 bridgehead atoms. The second-order valence-electron chi connectivity index (χ2n) is 5.64. The maximum Gasteiger partial charge on any atom is 0.338 e. The number of ether oxygens (including phenoxy) is 2. The molecule has 138 valence electrons. The molecule has 5 N–H and O–H groups in total. The van der Waals surface area contributed by atoms with Crippen LogP contribution in [0.15, 0.2) is 36.5 Å². The van der Waals surface area contributed by atoms with Crippen molar-refractivity contribution in [3.8, 4) is 5.75 Å². The predicted octanol–water partition coefficient (Wildman–Crippen LogP) is -0.851. The fourth-order valence-electron chi connectivity index (χ4n) is 2.47. The van der Waals surface area contributed by atoms with E-state index in [1.54, 1.807) is 30.3 Å². The van der Waals surface area contributed by atoms with Gasteiger partial charge in [0.25, 0.3) is 5.91 Å². The number of aromatic hydroxyl groups is 1. The summed E-state index contributed by atoms with van der Waals surface area (Å²) in [7, 11) is 0. The molecule has 0 radical (unpaired) electrons. The largest absolute Gasteiger partial charge is 0.504 e. The zero-order valence-corrected chi connectivity index (χ0v) is 13.4. The number of carbonyl (C=O) groups is 2. The molecule has 0 aliphatic carbocycles. The number of hydrogen-bond donors (Lipinski definition) is 5. The van der Waals surface area contributed by atoms with E-state index >= 15 is 0 Å². The van der Waals surface area contributed by atoms with Crippen molar-refractivity contribution in [1.82, 2.24) is 15.5 Å². The normalized spacial score (nSPS) is 25.0. The number of esters is 1. The number of aliphatic hydroxyl groups is 2. The molecule has 0 spiro atoms. The van der Waals surface area contributed by atoms with Crippen LogP contribution in [0.5, 0.6) is 5.75 Å². The van der Waals surface area contributed by atoms with Crippen LogP contribution in [0.2, 0.25) is 0 Å².